The van der Waals surface area contributed by atoms with Crippen molar-refractivity contribution in [3.63, 3.8) is 0 Å². The maximum atomic E-state index is 5.56. The molecule has 19 heavy (non-hydrogen) atoms. The van der Waals surface area contributed by atoms with Gasteiger partial charge in [0.15, 0.2) is 0 Å². The van der Waals surface area contributed by atoms with Crippen molar-refractivity contribution in [3.8, 4) is 0 Å². The first-order valence-corrected chi connectivity index (χ1v) is 6.72. The number of hydrogen-bond donors (Lipinski definition) is 1. The van der Waals surface area contributed by atoms with E-state index in [1.165, 1.54) is 5.56 Å². The van der Waals surface area contributed by atoms with Gasteiger partial charge in [0, 0.05) is 18.2 Å². The van der Waals surface area contributed by atoms with E-state index in [0.717, 1.165) is 29.7 Å². The first-order valence-electron chi connectivity index (χ1n) is 6.72. The van der Waals surface area contributed by atoms with Crippen LogP contribution < -0.4 is 5.32 Å². The van der Waals surface area contributed by atoms with Crippen LogP contribution in [0, 0.1) is 20.8 Å². The maximum Gasteiger partial charge on any atom is 0.147 e. The summed E-state index contributed by atoms with van der Waals surface area (Å²) in [6.07, 6.45) is 0. The van der Waals surface area contributed by atoms with Crippen molar-refractivity contribution in [1.29, 1.82) is 0 Å². The second-order valence-electron chi connectivity index (χ2n) is 4.88. The summed E-state index contributed by atoms with van der Waals surface area (Å²) >= 11 is 0. The third-order valence-corrected chi connectivity index (χ3v) is 3.44. The Labute approximate surface area is 114 Å². The molecule has 2 heterocycles. The Hall–Kier alpha value is -1.62. The number of furan rings is 1. The first kappa shape index (κ1) is 13.8. The Morgan fingerprint density at radius 3 is 2.63 bits per heavy atom. The smallest absolute Gasteiger partial charge is 0.147 e. The predicted molar refractivity (Wildman–Crippen MR) is 73.9 cm³/mol. The van der Waals surface area contributed by atoms with Gasteiger partial charge < -0.3 is 14.3 Å². The van der Waals surface area contributed by atoms with Crippen molar-refractivity contribution in [2.45, 2.75) is 53.8 Å². The van der Waals surface area contributed by atoms with E-state index in [0.29, 0.717) is 6.54 Å². The van der Waals surface area contributed by atoms with E-state index in [2.05, 4.69) is 40.0 Å². The molecule has 104 valence electrons. The number of rotatable bonds is 5. The van der Waals surface area contributed by atoms with Crippen LogP contribution in [-0.4, -0.2) is 14.8 Å². The van der Waals surface area contributed by atoms with E-state index in [-0.39, 0.29) is 6.04 Å². The van der Waals surface area contributed by atoms with Crippen molar-refractivity contribution in [1.82, 2.24) is 20.1 Å². The molecule has 0 saturated carbocycles. The van der Waals surface area contributed by atoms with Crippen LogP contribution >= 0.6 is 0 Å². The molecule has 1 unspecified atom stereocenters. The fourth-order valence-corrected chi connectivity index (χ4v) is 2.40. The van der Waals surface area contributed by atoms with Crippen LogP contribution in [0.4, 0.5) is 0 Å². The summed E-state index contributed by atoms with van der Waals surface area (Å²) in [7, 11) is 0. The van der Waals surface area contributed by atoms with Gasteiger partial charge in [-0.05, 0) is 40.7 Å². The van der Waals surface area contributed by atoms with E-state index in [9.17, 15) is 0 Å². The summed E-state index contributed by atoms with van der Waals surface area (Å²) in [6.45, 7) is 11.8. The summed E-state index contributed by atoms with van der Waals surface area (Å²) < 4.78 is 7.68. The van der Waals surface area contributed by atoms with Crippen molar-refractivity contribution >= 4 is 0 Å². The molecule has 0 saturated heterocycles. The van der Waals surface area contributed by atoms with Gasteiger partial charge in [0.1, 0.15) is 23.2 Å². The van der Waals surface area contributed by atoms with E-state index < -0.39 is 0 Å². The lowest BCUT2D eigenvalue weighted by molar-refractivity contribution is 0.485. The van der Waals surface area contributed by atoms with Crippen molar-refractivity contribution in [2.75, 3.05) is 0 Å². The molecular weight excluding hydrogens is 240 g/mol. The van der Waals surface area contributed by atoms with Crippen LogP contribution in [0.15, 0.2) is 10.5 Å². The van der Waals surface area contributed by atoms with E-state index in [1.807, 2.05) is 20.8 Å². The van der Waals surface area contributed by atoms with Gasteiger partial charge in [0.25, 0.3) is 0 Å². The zero-order valence-electron chi connectivity index (χ0n) is 12.3. The normalized spacial score (nSPS) is 12.9. The summed E-state index contributed by atoms with van der Waals surface area (Å²) in [4.78, 5) is 0. The molecule has 0 aliphatic rings. The highest BCUT2D eigenvalue weighted by atomic mass is 16.3. The molecule has 2 rings (SSSR count). The fourth-order valence-electron chi connectivity index (χ4n) is 2.40. The first-order chi connectivity index (χ1) is 9.02. The summed E-state index contributed by atoms with van der Waals surface area (Å²) in [5, 5.41) is 11.8. The Morgan fingerprint density at radius 2 is 2.05 bits per heavy atom. The van der Waals surface area contributed by atoms with Gasteiger partial charge in [-0.25, -0.2) is 0 Å². The summed E-state index contributed by atoms with van der Waals surface area (Å²) in [6, 6.07) is 2.32. The van der Waals surface area contributed by atoms with Gasteiger partial charge in [0.05, 0.1) is 6.54 Å². The Bertz CT molecular complexity index is 556. The molecule has 5 heteroatoms. The molecule has 0 fully saturated rings. The Balaban J connectivity index is 2.04. The molecule has 0 aliphatic carbocycles. The molecule has 5 nitrogen and oxygen atoms in total. The molecule has 1 atom stereocenters. The van der Waals surface area contributed by atoms with Crippen LogP contribution in [0.1, 0.15) is 48.6 Å². The minimum atomic E-state index is 0.236. The number of hydrogen-bond acceptors (Lipinski definition) is 4. The highest BCUT2D eigenvalue weighted by Crippen LogP contribution is 2.21. The topological polar surface area (TPSA) is 55.9 Å². The lowest BCUT2D eigenvalue weighted by atomic mass is 10.1. The molecule has 2 aromatic heterocycles. The van der Waals surface area contributed by atoms with Crippen LogP contribution in [0.3, 0.4) is 0 Å². The van der Waals surface area contributed by atoms with Crippen LogP contribution in [0.2, 0.25) is 0 Å². The van der Waals surface area contributed by atoms with Gasteiger partial charge >= 0.3 is 0 Å². The second kappa shape index (κ2) is 5.57. The summed E-state index contributed by atoms with van der Waals surface area (Å²) in [5.74, 6) is 3.87. The number of aryl methyl sites for hydroxylation is 3. The Kier molecular flexibility index (Phi) is 4.04. The van der Waals surface area contributed by atoms with Gasteiger partial charge in [-0.2, -0.15) is 0 Å². The van der Waals surface area contributed by atoms with E-state index in [1.54, 1.807) is 0 Å². The van der Waals surface area contributed by atoms with Crippen LogP contribution in [-0.2, 0) is 13.1 Å². The zero-order chi connectivity index (χ0) is 14.0. The average Bonchev–Trinajstić information content (AvgIpc) is 2.89. The van der Waals surface area contributed by atoms with E-state index in [4.69, 9.17) is 4.42 Å². The molecule has 0 spiro atoms. The Morgan fingerprint density at radius 1 is 1.32 bits per heavy atom. The molecule has 0 bridgehead atoms. The monoisotopic (exact) mass is 262 g/mol. The van der Waals surface area contributed by atoms with Gasteiger partial charge in [0.2, 0.25) is 0 Å². The molecular formula is C14H22N4O. The third kappa shape index (κ3) is 2.87. The van der Waals surface area contributed by atoms with Crippen molar-refractivity contribution in [2.24, 2.45) is 0 Å². The highest BCUT2D eigenvalue weighted by Gasteiger charge is 2.14. The number of nitrogens with zero attached hydrogens (tertiary/aromatic N) is 3. The van der Waals surface area contributed by atoms with Gasteiger partial charge in [-0.15, -0.1) is 10.2 Å². The average molecular weight is 262 g/mol. The quantitative estimate of drug-likeness (QED) is 0.900. The van der Waals surface area contributed by atoms with Crippen molar-refractivity contribution in [3.05, 3.63) is 34.8 Å². The second-order valence-corrected chi connectivity index (χ2v) is 4.88. The number of aromatic nitrogens is 3. The molecule has 0 amide bonds. The molecule has 0 aliphatic heterocycles. The fraction of sp³-hybridized carbons (Fsp3) is 0.571. The maximum absolute atomic E-state index is 5.56. The number of nitrogens with one attached hydrogen (secondary N) is 1. The zero-order valence-corrected chi connectivity index (χ0v) is 12.3. The lowest BCUT2D eigenvalue weighted by Crippen LogP contribution is -2.21. The van der Waals surface area contributed by atoms with Gasteiger partial charge in [-0.1, -0.05) is 0 Å². The molecule has 0 radical (unpaired) electrons. The van der Waals surface area contributed by atoms with Crippen LogP contribution in [0.5, 0.6) is 0 Å². The standard InChI is InChI=1S/C14H22N4O/c1-6-18-12(5)16-17-14(18)8-15-10(3)13-7-9(2)19-11(13)4/h7,10,15H,6,8H2,1-5H3. The van der Waals surface area contributed by atoms with Crippen molar-refractivity contribution < 1.29 is 4.42 Å². The van der Waals surface area contributed by atoms with E-state index >= 15 is 0 Å². The minimum absolute atomic E-state index is 0.236. The largest absolute Gasteiger partial charge is 0.466 e. The molecule has 2 aromatic rings. The minimum Gasteiger partial charge on any atom is -0.466 e. The van der Waals surface area contributed by atoms with Gasteiger partial charge in [-0.3, -0.25) is 0 Å². The third-order valence-electron chi connectivity index (χ3n) is 3.44. The molecule has 1 N–H and O–H groups in total. The summed E-state index contributed by atoms with van der Waals surface area (Å²) in [5.41, 5.74) is 1.21. The lowest BCUT2D eigenvalue weighted by Gasteiger charge is -2.13. The van der Waals surface area contributed by atoms with Crippen LogP contribution in [0.25, 0.3) is 0 Å². The SMILES string of the molecule is CCn1c(C)nnc1CNC(C)c1cc(C)oc1C. The molecule has 0 aromatic carbocycles. The predicted octanol–water partition coefficient (Wildman–Crippen LogP) is 2.67. The highest BCUT2D eigenvalue weighted by molar-refractivity contribution is 5.23.